The molecule has 2 aromatic carbocycles. The third-order valence-electron chi connectivity index (χ3n) is 2.85. The van der Waals surface area contributed by atoms with Gasteiger partial charge in [-0.15, -0.1) is 0 Å². The van der Waals surface area contributed by atoms with Gasteiger partial charge in [0.2, 0.25) is 0 Å². The molecule has 104 valence electrons. The highest BCUT2D eigenvalue weighted by Gasteiger charge is 2.12. The summed E-state index contributed by atoms with van der Waals surface area (Å²) < 4.78 is 0. The number of anilines is 1. The number of carbonyl (C=O) groups excluding carboxylic acids is 1. The van der Waals surface area contributed by atoms with Crippen molar-refractivity contribution in [3.05, 3.63) is 64.1 Å². The second kappa shape index (κ2) is 6.64. The Morgan fingerprint density at radius 1 is 1.00 bits per heavy atom. The maximum absolute atomic E-state index is 12.0. The predicted molar refractivity (Wildman–Crippen MR) is 83.5 cm³/mol. The lowest BCUT2D eigenvalue weighted by Crippen LogP contribution is -2.31. The van der Waals surface area contributed by atoms with E-state index >= 15 is 0 Å². The first kappa shape index (κ1) is 14.7. The number of carbonyl (C=O) groups is 1. The van der Waals surface area contributed by atoms with Gasteiger partial charge in [-0.1, -0.05) is 59.6 Å². The molecule has 3 nitrogen and oxygen atoms in total. The standard InChI is InChI=1S/C15H14Cl2N2O/c1-10(11-6-3-2-4-7-11)18-15(20)19-14-12(16)8-5-9-13(14)17/h2-10H,1H3,(H2,18,19,20)/t10-/m1/s1. The average molecular weight is 309 g/mol. The van der Waals surface area contributed by atoms with Gasteiger partial charge in [0.25, 0.3) is 0 Å². The van der Waals surface area contributed by atoms with Gasteiger partial charge in [-0.05, 0) is 24.6 Å². The summed E-state index contributed by atoms with van der Waals surface area (Å²) in [6.07, 6.45) is 0. The summed E-state index contributed by atoms with van der Waals surface area (Å²) in [5, 5.41) is 6.30. The molecule has 20 heavy (non-hydrogen) atoms. The SMILES string of the molecule is C[C@@H](NC(=O)Nc1c(Cl)cccc1Cl)c1ccccc1. The highest BCUT2D eigenvalue weighted by Crippen LogP contribution is 2.29. The van der Waals surface area contributed by atoms with Crippen LogP contribution in [0, 0.1) is 0 Å². The molecule has 2 amide bonds. The molecule has 0 saturated carbocycles. The topological polar surface area (TPSA) is 41.1 Å². The molecule has 0 unspecified atom stereocenters. The first-order chi connectivity index (χ1) is 9.58. The molecule has 2 N–H and O–H groups in total. The average Bonchev–Trinajstić information content (AvgIpc) is 2.44. The Morgan fingerprint density at radius 3 is 2.20 bits per heavy atom. The van der Waals surface area contributed by atoms with Crippen LogP contribution in [0.4, 0.5) is 10.5 Å². The van der Waals surface area contributed by atoms with Crippen molar-refractivity contribution in [1.82, 2.24) is 5.32 Å². The van der Waals surface area contributed by atoms with Crippen molar-refractivity contribution in [2.45, 2.75) is 13.0 Å². The van der Waals surface area contributed by atoms with E-state index in [4.69, 9.17) is 23.2 Å². The predicted octanol–water partition coefficient (Wildman–Crippen LogP) is 4.88. The third-order valence-corrected chi connectivity index (χ3v) is 3.48. The van der Waals surface area contributed by atoms with E-state index < -0.39 is 0 Å². The van der Waals surface area contributed by atoms with E-state index in [-0.39, 0.29) is 12.1 Å². The molecule has 0 bridgehead atoms. The minimum atomic E-state index is -0.351. The van der Waals surface area contributed by atoms with Crippen molar-refractivity contribution in [3.63, 3.8) is 0 Å². The number of amides is 2. The minimum absolute atomic E-state index is 0.113. The molecule has 0 heterocycles. The van der Waals surface area contributed by atoms with E-state index in [1.54, 1.807) is 18.2 Å². The number of nitrogens with one attached hydrogen (secondary N) is 2. The molecule has 0 aromatic heterocycles. The first-order valence-electron chi connectivity index (χ1n) is 6.14. The Labute approximate surface area is 127 Å². The van der Waals surface area contributed by atoms with E-state index in [0.29, 0.717) is 15.7 Å². The maximum Gasteiger partial charge on any atom is 0.319 e. The Kier molecular flexibility index (Phi) is 4.88. The number of benzene rings is 2. The van der Waals surface area contributed by atoms with E-state index in [2.05, 4.69) is 10.6 Å². The van der Waals surface area contributed by atoms with E-state index in [9.17, 15) is 4.79 Å². The molecule has 0 radical (unpaired) electrons. The molecule has 0 spiro atoms. The Morgan fingerprint density at radius 2 is 1.60 bits per heavy atom. The van der Waals surface area contributed by atoms with Crippen molar-refractivity contribution in [1.29, 1.82) is 0 Å². The zero-order valence-electron chi connectivity index (χ0n) is 10.9. The quantitative estimate of drug-likeness (QED) is 0.834. The number of urea groups is 1. The molecule has 2 aromatic rings. The molecule has 0 fully saturated rings. The molecule has 2 rings (SSSR count). The maximum atomic E-state index is 12.0. The van der Waals surface area contributed by atoms with Gasteiger partial charge in [-0.3, -0.25) is 0 Å². The molecule has 5 heteroatoms. The number of para-hydroxylation sites is 1. The van der Waals surface area contributed by atoms with Crippen LogP contribution in [0.1, 0.15) is 18.5 Å². The van der Waals surface area contributed by atoms with Gasteiger partial charge in [-0.2, -0.15) is 0 Å². The fourth-order valence-corrected chi connectivity index (χ4v) is 2.28. The van der Waals surface area contributed by atoms with E-state index in [1.165, 1.54) is 0 Å². The fourth-order valence-electron chi connectivity index (χ4n) is 1.79. The van der Waals surface area contributed by atoms with Crippen molar-refractivity contribution in [3.8, 4) is 0 Å². The molecular weight excluding hydrogens is 295 g/mol. The van der Waals surface area contributed by atoms with E-state index in [1.807, 2.05) is 37.3 Å². The van der Waals surface area contributed by atoms with Crippen LogP contribution in [0.2, 0.25) is 10.0 Å². The van der Waals surface area contributed by atoms with Gasteiger partial charge < -0.3 is 10.6 Å². The van der Waals surface area contributed by atoms with Crippen LogP contribution in [0.15, 0.2) is 48.5 Å². The van der Waals surface area contributed by atoms with Gasteiger partial charge in [0, 0.05) is 0 Å². The fraction of sp³-hybridized carbons (Fsp3) is 0.133. The van der Waals surface area contributed by atoms with Crippen LogP contribution < -0.4 is 10.6 Å². The van der Waals surface area contributed by atoms with Crippen molar-refractivity contribution in [2.24, 2.45) is 0 Å². The number of halogens is 2. The van der Waals surface area contributed by atoms with Crippen LogP contribution in [0.3, 0.4) is 0 Å². The monoisotopic (exact) mass is 308 g/mol. The second-order valence-corrected chi connectivity index (χ2v) is 5.14. The molecule has 0 aliphatic carbocycles. The van der Waals surface area contributed by atoms with Crippen LogP contribution in [0.5, 0.6) is 0 Å². The lowest BCUT2D eigenvalue weighted by atomic mass is 10.1. The van der Waals surface area contributed by atoms with Crippen LogP contribution in [-0.2, 0) is 0 Å². The van der Waals surface area contributed by atoms with Gasteiger partial charge in [0.1, 0.15) is 0 Å². The van der Waals surface area contributed by atoms with Crippen LogP contribution in [-0.4, -0.2) is 6.03 Å². The summed E-state index contributed by atoms with van der Waals surface area (Å²) in [4.78, 5) is 12.0. The zero-order valence-corrected chi connectivity index (χ0v) is 12.4. The highest BCUT2D eigenvalue weighted by atomic mass is 35.5. The Bertz CT molecular complexity index is 582. The van der Waals surface area contributed by atoms with Gasteiger partial charge >= 0.3 is 6.03 Å². The summed E-state index contributed by atoms with van der Waals surface area (Å²) in [5.41, 5.74) is 1.43. The molecule has 1 atom stereocenters. The summed E-state index contributed by atoms with van der Waals surface area (Å²) in [6.45, 7) is 1.91. The Balaban J connectivity index is 2.03. The summed E-state index contributed by atoms with van der Waals surface area (Å²) >= 11 is 12.0. The Hall–Kier alpha value is -1.71. The summed E-state index contributed by atoms with van der Waals surface area (Å²) in [6, 6.07) is 14.3. The van der Waals surface area contributed by atoms with Crippen molar-refractivity contribution < 1.29 is 4.79 Å². The molecule has 0 aliphatic heterocycles. The second-order valence-electron chi connectivity index (χ2n) is 4.33. The van der Waals surface area contributed by atoms with Gasteiger partial charge in [0.15, 0.2) is 0 Å². The molecule has 0 saturated heterocycles. The minimum Gasteiger partial charge on any atom is -0.331 e. The zero-order chi connectivity index (χ0) is 14.5. The van der Waals surface area contributed by atoms with Gasteiger partial charge in [0.05, 0.1) is 21.8 Å². The normalized spacial score (nSPS) is 11.8. The van der Waals surface area contributed by atoms with Crippen molar-refractivity contribution >= 4 is 34.9 Å². The van der Waals surface area contributed by atoms with Gasteiger partial charge in [-0.25, -0.2) is 4.79 Å². The molecule has 0 aliphatic rings. The van der Waals surface area contributed by atoms with Crippen molar-refractivity contribution in [2.75, 3.05) is 5.32 Å². The summed E-state index contributed by atoms with van der Waals surface area (Å²) in [7, 11) is 0. The summed E-state index contributed by atoms with van der Waals surface area (Å²) in [5.74, 6) is 0. The van der Waals surface area contributed by atoms with E-state index in [0.717, 1.165) is 5.56 Å². The smallest absolute Gasteiger partial charge is 0.319 e. The largest absolute Gasteiger partial charge is 0.331 e. The van der Waals surface area contributed by atoms with Crippen LogP contribution in [0.25, 0.3) is 0 Å². The lowest BCUT2D eigenvalue weighted by molar-refractivity contribution is 0.249. The third kappa shape index (κ3) is 3.65. The lowest BCUT2D eigenvalue weighted by Gasteiger charge is -2.16. The number of hydrogen-bond acceptors (Lipinski definition) is 1. The molecular formula is C15H14Cl2N2O. The number of hydrogen-bond donors (Lipinski definition) is 2. The number of rotatable bonds is 3. The highest BCUT2D eigenvalue weighted by molar-refractivity contribution is 6.39. The first-order valence-corrected chi connectivity index (χ1v) is 6.90. The van der Waals surface area contributed by atoms with Crippen LogP contribution >= 0.6 is 23.2 Å².